The maximum atomic E-state index is 13.5. The van der Waals surface area contributed by atoms with Gasteiger partial charge in [0.05, 0.1) is 18.2 Å². The van der Waals surface area contributed by atoms with E-state index in [9.17, 15) is 14.0 Å². The molecule has 2 amide bonds. The number of nitrogens with one attached hydrogen (secondary N) is 1. The standard InChI is InChI=1S/C26H25FN2O2S/c1-17-7-3-4-8-20(17)16-29-22-9-5-6-10-23(22)32-24(26(29)31)18(2)25(30)28-15-19-11-13-21(27)14-12-19/h3-14,18,24H,15-16H2,1-2H3,(H,28,30). The summed E-state index contributed by atoms with van der Waals surface area (Å²) in [5.41, 5.74) is 3.88. The maximum Gasteiger partial charge on any atom is 0.241 e. The number of halogens is 1. The van der Waals surface area contributed by atoms with E-state index >= 15 is 0 Å². The van der Waals surface area contributed by atoms with Crippen LogP contribution in [-0.4, -0.2) is 17.1 Å². The third-order valence-corrected chi connectivity index (χ3v) is 7.22. The summed E-state index contributed by atoms with van der Waals surface area (Å²) >= 11 is 1.44. The molecule has 0 aromatic heterocycles. The number of carbonyl (C=O) groups excluding carboxylic acids is 2. The Morgan fingerprint density at radius 2 is 1.75 bits per heavy atom. The fourth-order valence-corrected chi connectivity index (χ4v) is 5.05. The van der Waals surface area contributed by atoms with Gasteiger partial charge in [-0.2, -0.15) is 0 Å². The number of hydrogen-bond donors (Lipinski definition) is 1. The molecule has 164 valence electrons. The molecular formula is C26H25FN2O2S. The highest BCUT2D eigenvalue weighted by Gasteiger charge is 2.39. The summed E-state index contributed by atoms with van der Waals surface area (Å²) in [6, 6.07) is 21.9. The summed E-state index contributed by atoms with van der Waals surface area (Å²) < 4.78 is 13.1. The molecule has 1 aliphatic rings. The van der Waals surface area contributed by atoms with E-state index in [4.69, 9.17) is 0 Å². The Hall–Kier alpha value is -3.12. The fourth-order valence-electron chi connectivity index (χ4n) is 3.77. The van der Waals surface area contributed by atoms with Crippen LogP contribution in [0.25, 0.3) is 0 Å². The minimum atomic E-state index is -0.527. The lowest BCUT2D eigenvalue weighted by Crippen LogP contribution is -2.47. The quantitative estimate of drug-likeness (QED) is 0.571. The summed E-state index contributed by atoms with van der Waals surface area (Å²) in [4.78, 5) is 29.2. The van der Waals surface area contributed by atoms with Crippen LogP contribution >= 0.6 is 11.8 Å². The molecule has 0 fully saturated rings. The number of carbonyl (C=O) groups is 2. The van der Waals surface area contributed by atoms with E-state index in [2.05, 4.69) is 5.32 Å². The number of fused-ring (bicyclic) bond motifs is 1. The summed E-state index contributed by atoms with van der Waals surface area (Å²) in [5.74, 6) is -1.11. The zero-order valence-electron chi connectivity index (χ0n) is 18.0. The zero-order valence-corrected chi connectivity index (χ0v) is 18.9. The van der Waals surface area contributed by atoms with Gasteiger partial charge in [-0.1, -0.05) is 55.5 Å². The van der Waals surface area contributed by atoms with Crippen molar-refractivity contribution in [3.05, 3.63) is 95.3 Å². The summed E-state index contributed by atoms with van der Waals surface area (Å²) in [6.45, 7) is 4.57. The Balaban J connectivity index is 1.53. The van der Waals surface area contributed by atoms with Gasteiger partial charge in [-0.15, -0.1) is 11.8 Å². The molecule has 0 bridgehead atoms. The molecule has 0 aliphatic carbocycles. The van der Waals surface area contributed by atoms with Crippen LogP contribution in [0, 0.1) is 18.7 Å². The van der Waals surface area contributed by atoms with E-state index in [1.165, 1.54) is 23.9 Å². The van der Waals surface area contributed by atoms with Crippen molar-refractivity contribution in [1.82, 2.24) is 5.32 Å². The summed E-state index contributed by atoms with van der Waals surface area (Å²) in [5, 5.41) is 2.36. The smallest absolute Gasteiger partial charge is 0.241 e. The first kappa shape index (κ1) is 22.1. The number of rotatable bonds is 6. The van der Waals surface area contributed by atoms with E-state index in [0.717, 1.165) is 27.3 Å². The Kier molecular flexibility index (Phi) is 6.61. The van der Waals surface area contributed by atoms with Crippen molar-refractivity contribution in [3.8, 4) is 0 Å². The minimum absolute atomic E-state index is 0.0682. The van der Waals surface area contributed by atoms with Crippen molar-refractivity contribution in [2.75, 3.05) is 4.90 Å². The number of para-hydroxylation sites is 1. The molecule has 3 aromatic carbocycles. The highest BCUT2D eigenvalue weighted by molar-refractivity contribution is 8.01. The molecule has 1 heterocycles. The van der Waals surface area contributed by atoms with Gasteiger partial charge in [0.1, 0.15) is 11.1 Å². The molecule has 4 nitrogen and oxygen atoms in total. The highest BCUT2D eigenvalue weighted by atomic mass is 32.2. The Morgan fingerprint density at radius 3 is 2.50 bits per heavy atom. The average molecular weight is 449 g/mol. The molecule has 0 saturated carbocycles. The lowest BCUT2D eigenvalue weighted by atomic mass is 10.0. The Labute approximate surface area is 191 Å². The number of thioether (sulfide) groups is 1. The topological polar surface area (TPSA) is 49.4 Å². The van der Waals surface area contributed by atoms with Crippen molar-refractivity contribution in [2.24, 2.45) is 5.92 Å². The van der Waals surface area contributed by atoms with Crippen molar-refractivity contribution in [1.29, 1.82) is 0 Å². The Morgan fingerprint density at radius 1 is 1.06 bits per heavy atom. The van der Waals surface area contributed by atoms with Crippen molar-refractivity contribution in [2.45, 2.75) is 37.1 Å². The van der Waals surface area contributed by atoms with Gasteiger partial charge in [0, 0.05) is 11.4 Å². The van der Waals surface area contributed by atoms with Gasteiger partial charge in [-0.25, -0.2) is 4.39 Å². The van der Waals surface area contributed by atoms with Crippen LogP contribution in [-0.2, 0) is 22.7 Å². The van der Waals surface area contributed by atoms with Gasteiger partial charge < -0.3 is 10.2 Å². The van der Waals surface area contributed by atoms with Gasteiger partial charge in [0.2, 0.25) is 11.8 Å². The molecule has 6 heteroatoms. The summed E-state index contributed by atoms with van der Waals surface area (Å²) in [7, 11) is 0. The predicted molar refractivity (Wildman–Crippen MR) is 126 cm³/mol. The number of amides is 2. The number of anilines is 1. The molecule has 0 spiro atoms. The van der Waals surface area contributed by atoms with Crippen molar-refractivity contribution < 1.29 is 14.0 Å². The third kappa shape index (κ3) is 4.70. The molecule has 1 aliphatic heterocycles. The molecule has 0 saturated heterocycles. The van der Waals surface area contributed by atoms with Crippen LogP contribution in [0.4, 0.5) is 10.1 Å². The molecule has 2 unspecified atom stereocenters. The molecule has 2 atom stereocenters. The summed E-state index contributed by atoms with van der Waals surface area (Å²) in [6.07, 6.45) is 0. The van der Waals surface area contributed by atoms with E-state index in [1.807, 2.05) is 55.5 Å². The zero-order chi connectivity index (χ0) is 22.7. The lowest BCUT2D eigenvalue weighted by Gasteiger charge is -2.36. The van der Waals surface area contributed by atoms with Gasteiger partial charge in [0.25, 0.3) is 0 Å². The minimum Gasteiger partial charge on any atom is -0.352 e. The van der Waals surface area contributed by atoms with E-state index < -0.39 is 11.2 Å². The monoisotopic (exact) mass is 448 g/mol. The van der Waals surface area contributed by atoms with Crippen molar-refractivity contribution in [3.63, 3.8) is 0 Å². The fraction of sp³-hybridized carbons (Fsp3) is 0.231. The van der Waals surface area contributed by atoms with E-state index in [1.54, 1.807) is 24.0 Å². The number of aryl methyl sites for hydroxylation is 1. The van der Waals surface area contributed by atoms with Crippen LogP contribution in [0.15, 0.2) is 77.7 Å². The van der Waals surface area contributed by atoms with E-state index in [0.29, 0.717) is 13.1 Å². The second kappa shape index (κ2) is 9.57. The molecular weight excluding hydrogens is 423 g/mol. The molecule has 1 N–H and O–H groups in total. The van der Waals surface area contributed by atoms with E-state index in [-0.39, 0.29) is 17.6 Å². The third-order valence-electron chi connectivity index (χ3n) is 5.76. The highest BCUT2D eigenvalue weighted by Crippen LogP contribution is 2.42. The first-order chi connectivity index (χ1) is 15.4. The SMILES string of the molecule is Cc1ccccc1CN1C(=O)C(C(C)C(=O)NCc2ccc(F)cc2)Sc2ccccc21. The molecule has 4 rings (SSSR count). The number of hydrogen-bond acceptors (Lipinski definition) is 3. The number of nitrogens with zero attached hydrogens (tertiary/aromatic N) is 1. The van der Waals surface area contributed by atoms with Gasteiger partial charge in [-0.3, -0.25) is 9.59 Å². The van der Waals surface area contributed by atoms with Gasteiger partial charge >= 0.3 is 0 Å². The van der Waals surface area contributed by atoms with Gasteiger partial charge in [0.15, 0.2) is 0 Å². The van der Waals surface area contributed by atoms with Crippen LogP contribution in [0.5, 0.6) is 0 Å². The number of benzene rings is 3. The molecule has 32 heavy (non-hydrogen) atoms. The van der Waals surface area contributed by atoms with Crippen LogP contribution in [0.1, 0.15) is 23.6 Å². The first-order valence-electron chi connectivity index (χ1n) is 10.6. The van der Waals surface area contributed by atoms with Gasteiger partial charge in [-0.05, 0) is 47.9 Å². The second-order valence-electron chi connectivity index (χ2n) is 7.99. The predicted octanol–water partition coefficient (Wildman–Crippen LogP) is 5.09. The largest absolute Gasteiger partial charge is 0.352 e. The van der Waals surface area contributed by atoms with Crippen LogP contribution in [0.3, 0.4) is 0 Å². The van der Waals surface area contributed by atoms with Crippen molar-refractivity contribution >= 4 is 29.3 Å². The normalized spacial score (nSPS) is 16.4. The maximum absolute atomic E-state index is 13.5. The van der Waals surface area contributed by atoms with Crippen LogP contribution in [0.2, 0.25) is 0 Å². The van der Waals surface area contributed by atoms with Crippen LogP contribution < -0.4 is 10.2 Å². The Bertz CT molecular complexity index is 1130. The lowest BCUT2D eigenvalue weighted by molar-refractivity contribution is -0.128. The average Bonchev–Trinajstić information content (AvgIpc) is 2.81. The second-order valence-corrected chi connectivity index (χ2v) is 9.17. The molecule has 3 aromatic rings. The molecule has 0 radical (unpaired) electrons. The first-order valence-corrected chi connectivity index (χ1v) is 11.5.